The average molecular weight is 444 g/mol. The fraction of sp³-hybridized carbons (Fsp3) is 0.263. The highest BCUT2D eigenvalue weighted by atomic mass is 35.5. The molecule has 29 heavy (non-hydrogen) atoms. The Morgan fingerprint density at radius 2 is 1.55 bits per heavy atom. The number of carbonyl (C=O) groups is 2. The first-order valence-corrected chi connectivity index (χ1v) is 8.96. The number of benzene rings is 2. The van der Waals surface area contributed by atoms with E-state index in [0.29, 0.717) is 28.0 Å². The van der Waals surface area contributed by atoms with E-state index in [1.807, 2.05) is 0 Å². The molecule has 0 spiro atoms. The molecule has 0 saturated heterocycles. The van der Waals surface area contributed by atoms with Crippen molar-refractivity contribution in [2.24, 2.45) is 0 Å². The smallest absolute Gasteiger partial charge is 0.344 e. The van der Waals surface area contributed by atoms with E-state index >= 15 is 0 Å². The van der Waals surface area contributed by atoms with Crippen molar-refractivity contribution in [3.05, 3.63) is 40.4 Å². The second kappa shape index (κ2) is 10.6. The number of nitrogens with one attached hydrogen (secondary N) is 1. The summed E-state index contributed by atoms with van der Waals surface area (Å²) in [4.78, 5) is 23.8. The second-order valence-electron chi connectivity index (χ2n) is 5.49. The van der Waals surface area contributed by atoms with Crippen molar-refractivity contribution in [2.75, 3.05) is 39.9 Å². The van der Waals surface area contributed by atoms with Gasteiger partial charge in [-0.2, -0.15) is 0 Å². The Hall–Kier alpha value is -2.84. The first-order chi connectivity index (χ1) is 13.9. The Kier molecular flexibility index (Phi) is 8.23. The van der Waals surface area contributed by atoms with Gasteiger partial charge in [0.25, 0.3) is 5.91 Å². The van der Waals surface area contributed by atoms with Gasteiger partial charge in [-0.05, 0) is 18.2 Å². The molecule has 0 aliphatic carbocycles. The average Bonchev–Trinajstić information content (AvgIpc) is 2.70. The Labute approximate surface area is 177 Å². The summed E-state index contributed by atoms with van der Waals surface area (Å²) >= 11 is 11.7. The minimum atomic E-state index is -0.740. The van der Waals surface area contributed by atoms with Crippen LogP contribution in [0.1, 0.15) is 0 Å². The van der Waals surface area contributed by atoms with Crippen LogP contribution in [0.4, 0.5) is 5.69 Å². The summed E-state index contributed by atoms with van der Waals surface area (Å²) in [6.07, 6.45) is 0. The van der Waals surface area contributed by atoms with E-state index in [2.05, 4.69) is 5.32 Å². The lowest BCUT2D eigenvalue weighted by molar-refractivity contribution is -0.149. The normalized spacial score (nSPS) is 10.1. The van der Waals surface area contributed by atoms with E-state index < -0.39 is 25.1 Å². The maximum Gasteiger partial charge on any atom is 0.344 e. The molecule has 2 aromatic rings. The van der Waals surface area contributed by atoms with Crippen molar-refractivity contribution in [1.29, 1.82) is 0 Å². The van der Waals surface area contributed by atoms with Crippen LogP contribution in [0.3, 0.4) is 0 Å². The van der Waals surface area contributed by atoms with Crippen LogP contribution in [0.5, 0.6) is 23.0 Å². The van der Waals surface area contributed by atoms with Crippen molar-refractivity contribution >= 4 is 40.8 Å². The first kappa shape index (κ1) is 22.4. The van der Waals surface area contributed by atoms with E-state index in [9.17, 15) is 9.59 Å². The molecule has 2 aromatic carbocycles. The molecule has 0 radical (unpaired) electrons. The zero-order chi connectivity index (χ0) is 21.4. The van der Waals surface area contributed by atoms with Gasteiger partial charge in [0, 0.05) is 22.8 Å². The topological polar surface area (TPSA) is 92.3 Å². The number of rotatable bonds is 9. The van der Waals surface area contributed by atoms with Gasteiger partial charge < -0.3 is 29.0 Å². The summed E-state index contributed by atoms with van der Waals surface area (Å²) in [5, 5.41) is 3.27. The SMILES string of the molecule is COc1cc(NC(=O)COC(=O)COc2ccc(Cl)cc2Cl)cc(OC)c1OC. The summed E-state index contributed by atoms with van der Waals surface area (Å²) < 4.78 is 25.8. The van der Waals surface area contributed by atoms with Crippen LogP contribution in [0.15, 0.2) is 30.3 Å². The van der Waals surface area contributed by atoms with Gasteiger partial charge in [0.1, 0.15) is 5.75 Å². The Balaban J connectivity index is 1.88. The molecule has 8 nitrogen and oxygen atoms in total. The van der Waals surface area contributed by atoms with E-state index in [4.69, 9.17) is 46.9 Å². The van der Waals surface area contributed by atoms with E-state index in [0.717, 1.165) is 0 Å². The fourth-order valence-corrected chi connectivity index (χ4v) is 2.73. The molecule has 0 aromatic heterocycles. The third-order valence-electron chi connectivity index (χ3n) is 3.55. The van der Waals surface area contributed by atoms with E-state index in [1.54, 1.807) is 18.2 Å². The molecular weight excluding hydrogens is 425 g/mol. The molecular formula is C19H19Cl2NO7. The molecule has 156 valence electrons. The largest absolute Gasteiger partial charge is 0.493 e. The van der Waals surface area contributed by atoms with Gasteiger partial charge in [-0.25, -0.2) is 4.79 Å². The molecule has 0 aliphatic rings. The van der Waals surface area contributed by atoms with Gasteiger partial charge in [-0.1, -0.05) is 23.2 Å². The summed E-state index contributed by atoms with van der Waals surface area (Å²) in [5.41, 5.74) is 0.379. The molecule has 1 N–H and O–H groups in total. The lowest BCUT2D eigenvalue weighted by atomic mass is 10.2. The van der Waals surface area contributed by atoms with Crippen molar-refractivity contribution in [2.45, 2.75) is 0 Å². The number of hydrogen-bond acceptors (Lipinski definition) is 7. The van der Waals surface area contributed by atoms with Crippen molar-refractivity contribution in [1.82, 2.24) is 0 Å². The minimum absolute atomic E-state index is 0.255. The summed E-state index contributed by atoms with van der Waals surface area (Å²) in [7, 11) is 4.38. The van der Waals surface area contributed by atoms with Crippen molar-refractivity contribution in [3.63, 3.8) is 0 Å². The van der Waals surface area contributed by atoms with Crippen molar-refractivity contribution < 1.29 is 33.3 Å². The minimum Gasteiger partial charge on any atom is -0.493 e. The van der Waals surface area contributed by atoms with Crippen LogP contribution >= 0.6 is 23.2 Å². The fourth-order valence-electron chi connectivity index (χ4n) is 2.27. The van der Waals surface area contributed by atoms with Gasteiger partial charge in [0.05, 0.1) is 26.4 Å². The Morgan fingerprint density at radius 3 is 2.10 bits per heavy atom. The summed E-state index contributed by atoms with van der Waals surface area (Å²) in [6.45, 7) is -0.925. The number of amides is 1. The molecule has 0 heterocycles. The lowest BCUT2D eigenvalue weighted by Gasteiger charge is -2.14. The molecule has 10 heteroatoms. The lowest BCUT2D eigenvalue weighted by Crippen LogP contribution is -2.23. The predicted molar refractivity (Wildman–Crippen MR) is 108 cm³/mol. The van der Waals surface area contributed by atoms with Gasteiger partial charge in [0.15, 0.2) is 24.7 Å². The maximum absolute atomic E-state index is 12.1. The monoisotopic (exact) mass is 443 g/mol. The van der Waals surface area contributed by atoms with Gasteiger partial charge in [0.2, 0.25) is 5.75 Å². The highest BCUT2D eigenvalue weighted by molar-refractivity contribution is 6.35. The standard InChI is InChI=1S/C19H19Cl2NO7/c1-25-15-7-12(8-16(26-2)19(15)27-3)22-17(23)9-29-18(24)10-28-14-5-4-11(20)6-13(14)21/h4-8H,9-10H2,1-3H3,(H,22,23). The van der Waals surface area contributed by atoms with Gasteiger partial charge in [-0.3, -0.25) is 4.79 Å². The van der Waals surface area contributed by atoms with Crippen molar-refractivity contribution in [3.8, 4) is 23.0 Å². The summed E-state index contributed by atoms with van der Waals surface area (Å²) in [6, 6.07) is 7.67. The third kappa shape index (κ3) is 6.33. The Morgan fingerprint density at radius 1 is 0.897 bits per heavy atom. The number of methoxy groups -OCH3 is 3. The number of ether oxygens (including phenoxy) is 5. The second-order valence-corrected chi connectivity index (χ2v) is 6.33. The van der Waals surface area contributed by atoms with Crippen LogP contribution in [0, 0.1) is 0 Å². The van der Waals surface area contributed by atoms with Crippen LogP contribution in [0.25, 0.3) is 0 Å². The molecule has 0 atom stereocenters. The Bertz CT molecular complexity index is 864. The molecule has 0 fully saturated rings. The van der Waals surface area contributed by atoms with Crippen LogP contribution in [-0.2, 0) is 14.3 Å². The van der Waals surface area contributed by atoms with E-state index in [-0.39, 0.29) is 10.8 Å². The highest BCUT2D eigenvalue weighted by Gasteiger charge is 2.15. The summed E-state index contributed by atoms with van der Waals surface area (Å²) in [5.74, 6) is 0.0975. The third-order valence-corrected chi connectivity index (χ3v) is 4.08. The van der Waals surface area contributed by atoms with Crippen LogP contribution < -0.4 is 24.3 Å². The zero-order valence-corrected chi connectivity index (χ0v) is 17.4. The molecule has 0 unspecified atom stereocenters. The number of anilines is 1. The molecule has 1 amide bonds. The first-order valence-electron chi connectivity index (χ1n) is 8.21. The molecule has 0 saturated carbocycles. The van der Waals surface area contributed by atoms with Gasteiger partial charge >= 0.3 is 5.97 Å². The number of halogens is 2. The zero-order valence-electron chi connectivity index (χ0n) is 15.9. The quantitative estimate of drug-likeness (QED) is 0.591. The van der Waals surface area contributed by atoms with E-state index in [1.165, 1.54) is 33.5 Å². The number of esters is 1. The maximum atomic E-state index is 12.1. The predicted octanol–water partition coefficient (Wildman–Crippen LogP) is 3.58. The molecule has 0 bridgehead atoms. The van der Waals surface area contributed by atoms with Crippen LogP contribution in [0.2, 0.25) is 10.0 Å². The number of hydrogen-bond donors (Lipinski definition) is 1. The number of carbonyl (C=O) groups excluding carboxylic acids is 2. The molecule has 0 aliphatic heterocycles. The molecule has 2 rings (SSSR count). The van der Waals surface area contributed by atoms with Crippen LogP contribution in [-0.4, -0.2) is 46.4 Å². The highest BCUT2D eigenvalue weighted by Crippen LogP contribution is 2.39. The van der Waals surface area contributed by atoms with Gasteiger partial charge in [-0.15, -0.1) is 0 Å².